The van der Waals surface area contributed by atoms with Crippen LogP contribution < -0.4 is 9.47 Å². The van der Waals surface area contributed by atoms with Crippen molar-refractivity contribution in [3.8, 4) is 11.5 Å². The molecular weight excluding hydrogens is 318 g/mol. The lowest BCUT2D eigenvalue weighted by molar-refractivity contribution is 0.0397. The molecule has 8 heteroatoms. The minimum atomic E-state index is -0.572. The van der Waals surface area contributed by atoms with Crippen LogP contribution in [0.1, 0.15) is 5.56 Å². The Balaban J connectivity index is 1.75. The molecule has 0 fully saturated rings. The number of aliphatic hydroxyl groups excluding tert-OH is 1. The van der Waals surface area contributed by atoms with E-state index in [-0.39, 0.29) is 6.61 Å². The van der Waals surface area contributed by atoms with Crippen LogP contribution in [0.2, 0.25) is 0 Å². The first kappa shape index (κ1) is 17.6. The number of aryl methyl sites for hydroxylation is 1. The summed E-state index contributed by atoms with van der Waals surface area (Å²) in [5.74, 6) is 1.83. The summed E-state index contributed by atoms with van der Waals surface area (Å²) in [6.07, 6.45) is 1.05. The normalized spacial score (nSPS) is 12.2. The van der Waals surface area contributed by atoms with Gasteiger partial charge >= 0.3 is 0 Å². The summed E-state index contributed by atoms with van der Waals surface area (Å²) < 4.78 is 17.8. The summed E-state index contributed by atoms with van der Waals surface area (Å²) in [6.45, 7) is 0.644. The summed E-state index contributed by atoms with van der Waals surface area (Å²) in [4.78, 5) is 0. The molecule has 0 bridgehead atoms. The van der Waals surface area contributed by atoms with Crippen LogP contribution in [0.25, 0.3) is 0 Å². The molecule has 0 aliphatic carbocycles. The fourth-order valence-electron chi connectivity index (χ4n) is 1.91. The van der Waals surface area contributed by atoms with E-state index in [2.05, 4.69) is 10.2 Å². The van der Waals surface area contributed by atoms with Crippen molar-refractivity contribution in [1.82, 2.24) is 14.8 Å². The number of hydrogen-bond acceptors (Lipinski definition) is 7. The second-order valence-electron chi connectivity index (χ2n) is 4.89. The van der Waals surface area contributed by atoms with E-state index < -0.39 is 6.10 Å². The first-order valence-electron chi connectivity index (χ1n) is 7.07. The highest BCUT2D eigenvalue weighted by molar-refractivity contribution is 7.99. The molecule has 1 aromatic carbocycles. The van der Waals surface area contributed by atoms with Crippen LogP contribution in [0.15, 0.2) is 29.7 Å². The highest BCUT2D eigenvalue weighted by Crippen LogP contribution is 2.27. The number of aromatic nitrogens is 3. The fraction of sp³-hybridized carbons (Fsp3) is 0.467. The predicted molar refractivity (Wildman–Crippen MR) is 86.9 cm³/mol. The lowest BCUT2D eigenvalue weighted by atomic mass is 10.2. The molecule has 1 aromatic heterocycles. The van der Waals surface area contributed by atoms with Gasteiger partial charge in [0.05, 0.1) is 33.5 Å². The van der Waals surface area contributed by atoms with E-state index in [4.69, 9.17) is 14.2 Å². The van der Waals surface area contributed by atoms with Crippen LogP contribution in [0, 0.1) is 0 Å². The average molecular weight is 339 g/mol. The molecule has 0 saturated heterocycles. The average Bonchev–Trinajstić information content (AvgIpc) is 2.97. The van der Waals surface area contributed by atoms with E-state index in [1.165, 1.54) is 11.8 Å². The van der Waals surface area contributed by atoms with Crippen molar-refractivity contribution in [2.45, 2.75) is 17.9 Å². The van der Waals surface area contributed by atoms with Gasteiger partial charge in [0, 0.05) is 12.8 Å². The van der Waals surface area contributed by atoms with Gasteiger partial charge in [-0.15, -0.1) is 10.2 Å². The van der Waals surface area contributed by atoms with Crippen molar-refractivity contribution in [2.24, 2.45) is 7.05 Å². The lowest BCUT2D eigenvalue weighted by Crippen LogP contribution is -2.18. The molecule has 1 N–H and O–H groups in total. The molecule has 1 atom stereocenters. The number of nitrogens with zero attached hydrogens (tertiary/aromatic N) is 3. The van der Waals surface area contributed by atoms with E-state index in [0.717, 1.165) is 10.7 Å². The highest BCUT2D eigenvalue weighted by atomic mass is 32.2. The molecule has 1 unspecified atom stereocenters. The molecule has 0 amide bonds. The SMILES string of the molecule is COc1ccc(COCC(O)CSc2nncn2C)cc1OC. The van der Waals surface area contributed by atoms with Crippen molar-refractivity contribution in [2.75, 3.05) is 26.6 Å². The van der Waals surface area contributed by atoms with Crippen molar-refractivity contribution < 1.29 is 19.3 Å². The molecule has 0 radical (unpaired) electrons. The minimum Gasteiger partial charge on any atom is -0.493 e. The number of ether oxygens (including phenoxy) is 3. The maximum atomic E-state index is 9.95. The minimum absolute atomic E-state index is 0.249. The van der Waals surface area contributed by atoms with E-state index in [0.29, 0.717) is 23.9 Å². The number of hydrogen-bond donors (Lipinski definition) is 1. The van der Waals surface area contributed by atoms with Gasteiger partial charge < -0.3 is 23.9 Å². The molecule has 1 heterocycles. The highest BCUT2D eigenvalue weighted by Gasteiger charge is 2.09. The van der Waals surface area contributed by atoms with Gasteiger partial charge in [-0.3, -0.25) is 0 Å². The van der Waals surface area contributed by atoms with Crippen molar-refractivity contribution >= 4 is 11.8 Å². The molecular formula is C15H21N3O4S. The number of benzene rings is 1. The fourth-order valence-corrected chi connectivity index (χ4v) is 2.70. The zero-order valence-electron chi connectivity index (χ0n) is 13.4. The molecule has 0 aliphatic heterocycles. The van der Waals surface area contributed by atoms with Crippen LogP contribution >= 0.6 is 11.8 Å². The second-order valence-corrected chi connectivity index (χ2v) is 5.88. The van der Waals surface area contributed by atoms with Crippen molar-refractivity contribution in [3.05, 3.63) is 30.1 Å². The monoisotopic (exact) mass is 339 g/mol. The molecule has 7 nitrogen and oxygen atoms in total. The lowest BCUT2D eigenvalue weighted by Gasteiger charge is -2.12. The zero-order valence-corrected chi connectivity index (χ0v) is 14.2. The third kappa shape index (κ3) is 5.12. The summed E-state index contributed by atoms with van der Waals surface area (Å²) in [5.41, 5.74) is 0.954. The molecule has 0 spiro atoms. The Bertz CT molecular complexity index is 621. The maximum Gasteiger partial charge on any atom is 0.190 e. The second kappa shape index (κ2) is 8.76. The standard InChI is InChI=1S/C15H21N3O4S/c1-18-10-16-17-15(18)23-9-12(19)8-22-7-11-4-5-13(20-2)14(6-11)21-3/h4-6,10,12,19H,7-9H2,1-3H3. The van der Waals surface area contributed by atoms with Crippen molar-refractivity contribution in [1.29, 1.82) is 0 Å². The smallest absolute Gasteiger partial charge is 0.190 e. The van der Waals surface area contributed by atoms with E-state index in [1.807, 2.05) is 29.8 Å². The van der Waals surface area contributed by atoms with Gasteiger partial charge in [-0.25, -0.2) is 0 Å². The quantitative estimate of drug-likeness (QED) is 0.694. The Kier molecular flexibility index (Phi) is 6.69. The van der Waals surface area contributed by atoms with Crippen LogP contribution in [-0.4, -0.2) is 52.6 Å². The number of thioether (sulfide) groups is 1. The van der Waals surface area contributed by atoms with Gasteiger partial charge in [-0.05, 0) is 17.7 Å². The van der Waals surface area contributed by atoms with Gasteiger partial charge in [0.15, 0.2) is 16.7 Å². The van der Waals surface area contributed by atoms with Crippen LogP contribution in [0.3, 0.4) is 0 Å². The van der Waals surface area contributed by atoms with Crippen LogP contribution in [-0.2, 0) is 18.4 Å². The Morgan fingerprint density at radius 2 is 2.04 bits per heavy atom. The summed E-state index contributed by atoms with van der Waals surface area (Å²) in [7, 11) is 5.05. The molecule has 126 valence electrons. The first-order valence-corrected chi connectivity index (χ1v) is 8.06. The Morgan fingerprint density at radius 1 is 1.26 bits per heavy atom. The number of aliphatic hydroxyl groups is 1. The van der Waals surface area contributed by atoms with E-state index in [9.17, 15) is 5.11 Å². The molecule has 23 heavy (non-hydrogen) atoms. The van der Waals surface area contributed by atoms with Gasteiger partial charge in [0.25, 0.3) is 0 Å². The zero-order chi connectivity index (χ0) is 16.7. The predicted octanol–water partition coefficient (Wildman–Crippen LogP) is 1.50. The Morgan fingerprint density at radius 3 is 2.70 bits per heavy atom. The number of methoxy groups -OCH3 is 2. The molecule has 0 aliphatic rings. The molecule has 0 saturated carbocycles. The summed E-state index contributed by atoms with van der Waals surface area (Å²) in [5, 5.41) is 18.5. The van der Waals surface area contributed by atoms with Crippen molar-refractivity contribution in [3.63, 3.8) is 0 Å². The van der Waals surface area contributed by atoms with E-state index in [1.54, 1.807) is 20.5 Å². The topological polar surface area (TPSA) is 78.6 Å². The first-order chi connectivity index (χ1) is 11.1. The van der Waals surface area contributed by atoms with Gasteiger partial charge in [-0.1, -0.05) is 17.8 Å². The molecule has 2 aromatic rings. The summed E-state index contributed by atoms with van der Waals surface area (Å²) in [6, 6.07) is 5.60. The van der Waals surface area contributed by atoms with Gasteiger partial charge in [-0.2, -0.15) is 0 Å². The van der Waals surface area contributed by atoms with Gasteiger partial charge in [0.2, 0.25) is 0 Å². The van der Waals surface area contributed by atoms with E-state index >= 15 is 0 Å². The Labute approximate surface area is 139 Å². The molecule has 2 rings (SSSR count). The van der Waals surface area contributed by atoms with Crippen LogP contribution in [0.5, 0.6) is 11.5 Å². The number of rotatable bonds is 9. The van der Waals surface area contributed by atoms with Gasteiger partial charge in [0.1, 0.15) is 6.33 Å². The maximum absolute atomic E-state index is 9.95. The van der Waals surface area contributed by atoms with Crippen LogP contribution in [0.4, 0.5) is 0 Å². The Hall–Kier alpha value is -1.77. The largest absolute Gasteiger partial charge is 0.493 e. The summed E-state index contributed by atoms with van der Waals surface area (Å²) >= 11 is 1.44. The third-order valence-corrected chi connectivity index (χ3v) is 4.28. The third-order valence-electron chi connectivity index (χ3n) is 3.10.